The van der Waals surface area contributed by atoms with Gasteiger partial charge in [-0.2, -0.15) is 0 Å². The molecule has 1 fully saturated rings. The Balaban J connectivity index is 1.72. The number of halogens is 1. The molecule has 1 aliphatic carbocycles. The van der Waals surface area contributed by atoms with Crippen molar-refractivity contribution in [1.29, 1.82) is 0 Å². The lowest BCUT2D eigenvalue weighted by molar-refractivity contribution is 0.526. The molecule has 1 saturated carbocycles. The number of nitrogens with one attached hydrogen (secondary N) is 1. The first kappa shape index (κ1) is 13.4. The minimum atomic E-state index is 0.657. The van der Waals surface area contributed by atoms with Gasteiger partial charge in [-0.3, -0.25) is 0 Å². The van der Waals surface area contributed by atoms with E-state index in [4.69, 9.17) is 0 Å². The first-order valence-corrected chi connectivity index (χ1v) is 8.11. The van der Waals surface area contributed by atoms with Crippen LogP contribution in [0, 0.1) is 5.92 Å². The van der Waals surface area contributed by atoms with E-state index in [1.165, 1.54) is 36.3 Å². The summed E-state index contributed by atoms with van der Waals surface area (Å²) in [4.78, 5) is 1.36. The van der Waals surface area contributed by atoms with Gasteiger partial charge in [-0.15, -0.1) is 11.8 Å². The smallest absolute Gasteiger partial charge is 0.0176 e. The zero-order chi connectivity index (χ0) is 12.1. The van der Waals surface area contributed by atoms with Crippen LogP contribution < -0.4 is 5.32 Å². The fourth-order valence-electron chi connectivity index (χ4n) is 1.88. The summed E-state index contributed by atoms with van der Waals surface area (Å²) >= 11 is 5.42. The van der Waals surface area contributed by atoms with Crippen molar-refractivity contribution < 1.29 is 0 Å². The summed E-state index contributed by atoms with van der Waals surface area (Å²) in [5.41, 5.74) is 0. The van der Waals surface area contributed by atoms with E-state index < -0.39 is 0 Å². The van der Waals surface area contributed by atoms with Gasteiger partial charge in [0.1, 0.15) is 0 Å². The quantitative estimate of drug-likeness (QED) is 0.752. The van der Waals surface area contributed by atoms with Gasteiger partial charge < -0.3 is 5.32 Å². The topological polar surface area (TPSA) is 12.0 Å². The molecule has 0 aromatic heterocycles. The monoisotopic (exact) mass is 313 g/mol. The average molecular weight is 314 g/mol. The van der Waals surface area contributed by atoms with Crippen molar-refractivity contribution in [2.45, 2.75) is 36.6 Å². The summed E-state index contributed by atoms with van der Waals surface area (Å²) in [5.74, 6) is 2.22. The van der Waals surface area contributed by atoms with Gasteiger partial charge in [0.15, 0.2) is 0 Å². The molecular formula is C14H20BrNS. The van der Waals surface area contributed by atoms with Crippen molar-refractivity contribution in [2.75, 3.05) is 12.8 Å². The van der Waals surface area contributed by atoms with E-state index in [-0.39, 0.29) is 0 Å². The molecule has 0 radical (unpaired) electrons. The van der Waals surface area contributed by atoms with Crippen molar-refractivity contribution >= 4 is 27.7 Å². The third-order valence-corrected chi connectivity index (χ3v) is 5.00. The molecule has 1 atom stereocenters. The van der Waals surface area contributed by atoms with Crippen molar-refractivity contribution in [3.05, 3.63) is 28.7 Å². The maximum absolute atomic E-state index is 3.47. The standard InChI is InChI=1S/C14H20BrNS/c1-16-13(7-4-11-2-3-11)10-17-14-8-5-12(15)6-9-14/h5-6,8-9,11,13,16H,2-4,7,10H2,1H3. The zero-order valence-electron chi connectivity index (χ0n) is 10.3. The number of thioether (sulfide) groups is 1. The van der Waals surface area contributed by atoms with Crippen LogP contribution in [0.25, 0.3) is 0 Å². The molecule has 1 aromatic rings. The molecular weight excluding hydrogens is 294 g/mol. The second-order valence-corrected chi connectivity index (χ2v) is 6.78. The first-order chi connectivity index (χ1) is 8.28. The molecule has 1 aliphatic rings. The highest BCUT2D eigenvalue weighted by molar-refractivity contribution is 9.10. The maximum atomic E-state index is 3.47. The largest absolute Gasteiger partial charge is 0.316 e. The molecule has 1 aromatic carbocycles. The second kappa shape index (κ2) is 6.81. The fourth-order valence-corrected chi connectivity index (χ4v) is 3.20. The molecule has 0 spiro atoms. The van der Waals surface area contributed by atoms with E-state index >= 15 is 0 Å². The van der Waals surface area contributed by atoms with Crippen molar-refractivity contribution in [3.63, 3.8) is 0 Å². The number of hydrogen-bond donors (Lipinski definition) is 1. The zero-order valence-corrected chi connectivity index (χ0v) is 12.7. The lowest BCUT2D eigenvalue weighted by Gasteiger charge is -2.15. The van der Waals surface area contributed by atoms with E-state index in [0.717, 1.165) is 10.4 Å². The molecule has 94 valence electrons. The minimum absolute atomic E-state index is 0.657. The predicted molar refractivity (Wildman–Crippen MR) is 79.7 cm³/mol. The van der Waals surface area contributed by atoms with Gasteiger partial charge in [-0.1, -0.05) is 28.8 Å². The molecule has 3 heteroatoms. The molecule has 1 nitrogen and oxygen atoms in total. The van der Waals surface area contributed by atoms with Gasteiger partial charge >= 0.3 is 0 Å². The molecule has 0 saturated heterocycles. The minimum Gasteiger partial charge on any atom is -0.316 e. The van der Waals surface area contributed by atoms with Crippen molar-refractivity contribution in [2.24, 2.45) is 5.92 Å². The molecule has 0 amide bonds. The number of hydrogen-bond acceptors (Lipinski definition) is 2. The molecule has 0 bridgehead atoms. The molecule has 17 heavy (non-hydrogen) atoms. The Hall–Kier alpha value is 0.01000. The summed E-state index contributed by atoms with van der Waals surface area (Å²) in [6.45, 7) is 0. The van der Waals surface area contributed by atoms with Crippen LogP contribution in [0.15, 0.2) is 33.6 Å². The van der Waals surface area contributed by atoms with E-state index in [1.54, 1.807) is 0 Å². The Morgan fingerprint density at radius 1 is 1.35 bits per heavy atom. The van der Waals surface area contributed by atoms with Gasteiger partial charge in [0.25, 0.3) is 0 Å². The van der Waals surface area contributed by atoms with Gasteiger partial charge in [0, 0.05) is 21.2 Å². The maximum Gasteiger partial charge on any atom is 0.0176 e. The lowest BCUT2D eigenvalue weighted by atomic mass is 10.1. The Morgan fingerprint density at radius 2 is 2.06 bits per heavy atom. The van der Waals surface area contributed by atoms with Crippen molar-refractivity contribution in [1.82, 2.24) is 5.32 Å². The lowest BCUT2D eigenvalue weighted by Crippen LogP contribution is -2.27. The molecule has 1 N–H and O–H groups in total. The number of rotatable bonds is 7. The van der Waals surface area contributed by atoms with Crippen LogP contribution in [0.2, 0.25) is 0 Å². The first-order valence-electron chi connectivity index (χ1n) is 6.33. The SMILES string of the molecule is CNC(CCC1CC1)CSc1ccc(Br)cc1. The molecule has 1 unspecified atom stereocenters. The summed E-state index contributed by atoms with van der Waals surface area (Å²) in [6.07, 6.45) is 5.67. The highest BCUT2D eigenvalue weighted by Crippen LogP contribution is 2.34. The van der Waals surface area contributed by atoms with Crippen LogP contribution in [0.3, 0.4) is 0 Å². The van der Waals surface area contributed by atoms with Crippen LogP contribution in [0.5, 0.6) is 0 Å². The van der Waals surface area contributed by atoms with Gasteiger partial charge in [0.2, 0.25) is 0 Å². The summed E-state index contributed by atoms with van der Waals surface area (Å²) < 4.78 is 1.15. The van der Waals surface area contributed by atoms with Gasteiger partial charge in [-0.25, -0.2) is 0 Å². The molecule has 0 aliphatic heterocycles. The van der Waals surface area contributed by atoms with E-state index in [9.17, 15) is 0 Å². The van der Waals surface area contributed by atoms with Crippen LogP contribution in [0.4, 0.5) is 0 Å². The highest BCUT2D eigenvalue weighted by atomic mass is 79.9. The molecule has 0 heterocycles. The third-order valence-electron chi connectivity index (χ3n) is 3.29. The Kier molecular flexibility index (Phi) is 5.39. The average Bonchev–Trinajstić information content (AvgIpc) is 3.15. The Bertz CT molecular complexity index is 335. The highest BCUT2D eigenvalue weighted by Gasteiger charge is 2.22. The van der Waals surface area contributed by atoms with Gasteiger partial charge in [0.05, 0.1) is 0 Å². The fraction of sp³-hybridized carbons (Fsp3) is 0.571. The van der Waals surface area contributed by atoms with E-state index in [1.807, 2.05) is 11.8 Å². The molecule has 2 rings (SSSR count). The van der Waals surface area contributed by atoms with E-state index in [0.29, 0.717) is 6.04 Å². The van der Waals surface area contributed by atoms with Gasteiger partial charge in [-0.05, 0) is 50.1 Å². The predicted octanol–water partition coefficient (Wildman–Crippen LogP) is 4.32. The number of benzene rings is 1. The Morgan fingerprint density at radius 3 is 2.65 bits per heavy atom. The van der Waals surface area contributed by atoms with Crippen LogP contribution in [-0.2, 0) is 0 Å². The van der Waals surface area contributed by atoms with Crippen LogP contribution in [-0.4, -0.2) is 18.8 Å². The normalized spacial score (nSPS) is 17.1. The summed E-state index contributed by atoms with van der Waals surface area (Å²) in [7, 11) is 2.08. The van der Waals surface area contributed by atoms with Crippen molar-refractivity contribution in [3.8, 4) is 0 Å². The second-order valence-electron chi connectivity index (χ2n) is 4.77. The van der Waals surface area contributed by atoms with Crippen LogP contribution in [0.1, 0.15) is 25.7 Å². The Labute approximate surface area is 117 Å². The summed E-state index contributed by atoms with van der Waals surface area (Å²) in [5, 5.41) is 3.44. The van der Waals surface area contributed by atoms with Crippen LogP contribution >= 0.6 is 27.7 Å². The summed E-state index contributed by atoms with van der Waals surface area (Å²) in [6, 6.07) is 9.25. The van der Waals surface area contributed by atoms with E-state index in [2.05, 4.69) is 52.6 Å². The third kappa shape index (κ3) is 5.02.